The van der Waals surface area contributed by atoms with E-state index in [1.54, 1.807) is 49.6 Å². The summed E-state index contributed by atoms with van der Waals surface area (Å²) in [7, 11) is 3.04. The fraction of sp³-hybridized carbons (Fsp3) is 0.226. The van der Waals surface area contributed by atoms with Crippen molar-refractivity contribution in [3.8, 4) is 11.5 Å². The normalized spacial score (nSPS) is 11.4. The van der Waals surface area contributed by atoms with E-state index >= 15 is 0 Å². The van der Waals surface area contributed by atoms with Crippen LogP contribution < -0.4 is 14.8 Å². The first-order valence-electron chi connectivity index (χ1n) is 12.8. The van der Waals surface area contributed by atoms with Crippen molar-refractivity contribution in [3.63, 3.8) is 0 Å². The fourth-order valence-corrected chi connectivity index (χ4v) is 5.12. The molecular formula is C31H31FN4O4S. The third-order valence-electron chi connectivity index (χ3n) is 6.21. The van der Waals surface area contributed by atoms with Crippen LogP contribution in [0.25, 0.3) is 0 Å². The molecule has 1 atom stereocenters. The van der Waals surface area contributed by atoms with E-state index in [0.717, 1.165) is 11.4 Å². The van der Waals surface area contributed by atoms with Gasteiger partial charge in [-0.1, -0.05) is 54.2 Å². The van der Waals surface area contributed by atoms with Crippen molar-refractivity contribution < 1.29 is 23.5 Å². The first-order chi connectivity index (χ1) is 19.8. The molecule has 41 heavy (non-hydrogen) atoms. The summed E-state index contributed by atoms with van der Waals surface area (Å²) >= 11 is 1.20. The zero-order valence-corrected chi connectivity index (χ0v) is 24.1. The number of benzene rings is 3. The number of aryl methyl sites for hydroxylation is 2. The van der Waals surface area contributed by atoms with E-state index in [1.807, 2.05) is 38.1 Å². The number of nitrogens with zero attached hydrogens (tertiary/aromatic N) is 3. The van der Waals surface area contributed by atoms with E-state index in [4.69, 9.17) is 9.47 Å². The molecule has 0 aliphatic heterocycles. The van der Waals surface area contributed by atoms with Crippen LogP contribution in [0.15, 0.2) is 84.0 Å². The van der Waals surface area contributed by atoms with Gasteiger partial charge in [-0.15, -0.1) is 0 Å². The van der Waals surface area contributed by atoms with Crippen LogP contribution >= 0.6 is 11.8 Å². The smallest absolute Gasteiger partial charge is 0.251 e. The summed E-state index contributed by atoms with van der Waals surface area (Å²) < 4.78 is 24.4. The molecule has 4 rings (SSSR count). The highest BCUT2D eigenvalue weighted by molar-refractivity contribution is 7.99. The van der Waals surface area contributed by atoms with Crippen molar-refractivity contribution >= 4 is 29.3 Å². The van der Waals surface area contributed by atoms with Crippen molar-refractivity contribution in [2.45, 2.75) is 31.6 Å². The average Bonchev–Trinajstić information content (AvgIpc) is 2.97. The molecule has 0 saturated heterocycles. The molecule has 0 bridgehead atoms. The molecule has 0 aliphatic rings. The van der Waals surface area contributed by atoms with Crippen LogP contribution in [0.4, 0.5) is 10.1 Å². The van der Waals surface area contributed by atoms with E-state index in [9.17, 15) is 14.0 Å². The number of methoxy groups -OCH3 is 2. The Kier molecular flexibility index (Phi) is 9.91. The minimum absolute atomic E-state index is 0.00738. The largest absolute Gasteiger partial charge is 0.497 e. The zero-order valence-electron chi connectivity index (χ0n) is 23.3. The number of amides is 2. The highest BCUT2D eigenvalue weighted by atomic mass is 32.2. The standard InChI is InChI=1S/C31H31FN4O4S/c1-20-16-21(2)34-31(33-20)41-19-28(37)36(18-22-10-12-24(32)13-11-22)29(23-8-6-5-7-9-23)30(38)35-26-15-14-25(39-3)17-27(26)40-4/h5-17,29H,18-19H2,1-4H3,(H,35,38)/t29-/m0/s1. The van der Waals surface area contributed by atoms with E-state index < -0.39 is 17.8 Å². The molecule has 0 fully saturated rings. The predicted octanol–water partition coefficient (Wildman–Crippen LogP) is 5.75. The number of ether oxygens (including phenoxy) is 2. The minimum Gasteiger partial charge on any atom is -0.497 e. The van der Waals surface area contributed by atoms with Crippen molar-refractivity contribution in [3.05, 3.63) is 107 Å². The van der Waals surface area contributed by atoms with Crippen LogP contribution in [-0.4, -0.2) is 46.7 Å². The third kappa shape index (κ3) is 7.82. The van der Waals surface area contributed by atoms with E-state index in [-0.39, 0.29) is 18.2 Å². The lowest BCUT2D eigenvalue weighted by Gasteiger charge is -2.31. The molecule has 1 aromatic heterocycles. The number of halogens is 1. The number of hydrogen-bond donors (Lipinski definition) is 1. The molecule has 4 aromatic rings. The van der Waals surface area contributed by atoms with E-state index in [0.29, 0.717) is 33.5 Å². The molecule has 0 unspecified atom stereocenters. The summed E-state index contributed by atoms with van der Waals surface area (Å²) in [5, 5.41) is 3.40. The van der Waals surface area contributed by atoms with Gasteiger partial charge in [-0.05, 0) is 55.3 Å². The Morgan fingerprint density at radius 2 is 1.61 bits per heavy atom. The Balaban J connectivity index is 1.70. The molecule has 3 aromatic carbocycles. The summed E-state index contributed by atoms with van der Waals surface area (Å²) in [6.07, 6.45) is 0. The maximum atomic E-state index is 14.0. The van der Waals surface area contributed by atoms with Crippen LogP contribution in [0.3, 0.4) is 0 Å². The SMILES string of the molecule is COc1ccc(NC(=O)[C@H](c2ccccc2)N(Cc2ccc(F)cc2)C(=O)CSc2nc(C)cc(C)n2)c(OC)c1. The number of aromatic nitrogens is 2. The Morgan fingerprint density at radius 3 is 2.24 bits per heavy atom. The molecule has 1 heterocycles. The van der Waals surface area contributed by atoms with Gasteiger partial charge in [-0.2, -0.15) is 0 Å². The van der Waals surface area contributed by atoms with Gasteiger partial charge in [0, 0.05) is 24.0 Å². The summed E-state index contributed by atoms with van der Waals surface area (Å²) in [6, 6.07) is 20.8. The van der Waals surface area contributed by atoms with Gasteiger partial charge < -0.3 is 19.7 Å². The topological polar surface area (TPSA) is 93.7 Å². The van der Waals surface area contributed by atoms with Crippen molar-refractivity contribution in [1.82, 2.24) is 14.9 Å². The zero-order chi connectivity index (χ0) is 29.4. The second-order valence-corrected chi connectivity index (χ2v) is 10.2. The van der Waals surface area contributed by atoms with Crippen LogP contribution in [0.2, 0.25) is 0 Å². The van der Waals surface area contributed by atoms with Crippen LogP contribution in [0, 0.1) is 19.7 Å². The van der Waals surface area contributed by atoms with Gasteiger partial charge in [0.1, 0.15) is 23.4 Å². The maximum Gasteiger partial charge on any atom is 0.251 e. The van der Waals surface area contributed by atoms with Crippen LogP contribution in [0.1, 0.15) is 28.6 Å². The van der Waals surface area contributed by atoms with Crippen LogP contribution in [0.5, 0.6) is 11.5 Å². The first kappa shape index (κ1) is 29.5. The lowest BCUT2D eigenvalue weighted by atomic mass is 10.0. The van der Waals surface area contributed by atoms with Crippen molar-refractivity contribution in [2.75, 3.05) is 25.3 Å². The maximum absolute atomic E-state index is 14.0. The van der Waals surface area contributed by atoms with E-state index in [1.165, 1.54) is 35.9 Å². The van der Waals surface area contributed by atoms with Gasteiger partial charge in [0.15, 0.2) is 5.16 Å². The molecule has 8 nitrogen and oxygen atoms in total. The van der Waals surface area contributed by atoms with Gasteiger partial charge in [0.25, 0.3) is 5.91 Å². The molecule has 0 radical (unpaired) electrons. The second-order valence-electron chi connectivity index (χ2n) is 9.24. The van der Waals surface area contributed by atoms with Gasteiger partial charge in [-0.25, -0.2) is 14.4 Å². The predicted molar refractivity (Wildman–Crippen MR) is 157 cm³/mol. The monoisotopic (exact) mass is 574 g/mol. The summed E-state index contributed by atoms with van der Waals surface area (Å²) in [5.41, 5.74) is 3.30. The molecule has 2 amide bonds. The highest BCUT2D eigenvalue weighted by Gasteiger charge is 2.32. The number of hydrogen-bond acceptors (Lipinski definition) is 7. The van der Waals surface area contributed by atoms with Crippen molar-refractivity contribution in [2.24, 2.45) is 0 Å². The van der Waals surface area contributed by atoms with E-state index in [2.05, 4.69) is 15.3 Å². The Bertz CT molecular complexity index is 1480. The highest BCUT2D eigenvalue weighted by Crippen LogP contribution is 2.32. The van der Waals surface area contributed by atoms with Gasteiger partial charge >= 0.3 is 0 Å². The number of carbonyl (C=O) groups is 2. The Labute approximate surface area is 242 Å². The molecule has 0 aliphatic carbocycles. The summed E-state index contributed by atoms with van der Waals surface area (Å²) in [6.45, 7) is 3.80. The van der Waals surface area contributed by atoms with Gasteiger partial charge in [0.2, 0.25) is 5.91 Å². The number of rotatable bonds is 11. The first-order valence-corrected chi connectivity index (χ1v) is 13.8. The lowest BCUT2D eigenvalue weighted by molar-refractivity contribution is -0.137. The molecular weight excluding hydrogens is 543 g/mol. The Morgan fingerprint density at radius 1 is 0.927 bits per heavy atom. The quantitative estimate of drug-likeness (QED) is 0.180. The van der Waals surface area contributed by atoms with Gasteiger partial charge in [0.05, 0.1) is 25.7 Å². The molecule has 0 spiro atoms. The van der Waals surface area contributed by atoms with Gasteiger partial charge in [-0.3, -0.25) is 9.59 Å². The Hall–Kier alpha value is -4.44. The minimum atomic E-state index is -1.01. The third-order valence-corrected chi connectivity index (χ3v) is 7.05. The summed E-state index contributed by atoms with van der Waals surface area (Å²) in [5.74, 6) is -0.178. The number of nitrogens with one attached hydrogen (secondary N) is 1. The lowest BCUT2D eigenvalue weighted by Crippen LogP contribution is -2.41. The van der Waals surface area contributed by atoms with Crippen molar-refractivity contribution in [1.29, 1.82) is 0 Å². The average molecular weight is 575 g/mol. The number of anilines is 1. The summed E-state index contributed by atoms with van der Waals surface area (Å²) in [4.78, 5) is 38.2. The number of carbonyl (C=O) groups excluding carboxylic acids is 2. The second kappa shape index (κ2) is 13.8. The molecule has 212 valence electrons. The molecule has 0 saturated carbocycles. The number of thioether (sulfide) groups is 1. The molecule has 10 heteroatoms. The fourth-order valence-electron chi connectivity index (χ4n) is 4.29. The van der Waals surface area contributed by atoms with Crippen LogP contribution in [-0.2, 0) is 16.1 Å². The molecule has 1 N–H and O–H groups in total.